The van der Waals surface area contributed by atoms with Gasteiger partial charge in [0, 0.05) is 5.56 Å². The Morgan fingerprint density at radius 3 is 2.39 bits per heavy atom. The van der Waals surface area contributed by atoms with E-state index in [1.807, 2.05) is 19.9 Å². The Labute approximate surface area is 110 Å². The molecule has 0 amide bonds. The van der Waals surface area contributed by atoms with Crippen molar-refractivity contribution < 1.29 is 9.18 Å². The number of halogens is 2. The molecule has 92 valence electrons. The van der Waals surface area contributed by atoms with Crippen molar-refractivity contribution in [2.75, 3.05) is 0 Å². The van der Waals surface area contributed by atoms with Crippen LogP contribution in [-0.2, 0) is 0 Å². The molecule has 0 saturated heterocycles. The molecule has 0 bridgehead atoms. The minimum Gasteiger partial charge on any atom is -0.288 e. The van der Waals surface area contributed by atoms with E-state index >= 15 is 0 Å². The standard InChI is InChI=1S/C15H12ClFO/c1-9-5-3-6-11(10(9)2)15(18)12-7-4-8-13(16)14(12)17/h3-8H,1-2H3. The Bertz CT molecular complexity index is 566. The molecule has 2 aromatic carbocycles. The van der Waals surface area contributed by atoms with Gasteiger partial charge in [-0.05, 0) is 37.1 Å². The summed E-state index contributed by atoms with van der Waals surface area (Å²) in [5.41, 5.74) is 2.39. The third-order valence-electron chi connectivity index (χ3n) is 3.05. The number of hydrogen-bond donors (Lipinski definition) is 0. The summed E-state index contributed by atoms with van der Waals surface area (Å²) in [6.45, 7) is 3.77. The molecule has 1 nitrogen and oxygen atoms in total. The summed E-state index contributed by atoms with van der Waals surface area (Å²) in [6, 6.07) is 9.86. The van der Waals surface area contributed by atoms with Gasteiger partial charge < -0.3 is 0 Å². The van der Waals surface area contributed by atoms with E-state index in [4.69, 9.17) is 11.6 Å². The third-order valence-corrected chi connectivity index (χ3v) is 3.34. The summed E-state index contributed by atoms with van der Waals surface area (Å²) in [7, 11) is 0. The van der Waals surface area contributed by atoms with Gasteiger partial charge in [-0.2, -0.15) is 0 Å². The molecule has 0 N–H and O–H groups in total. The molecule has 0 fully saturated rings. The molecule has 18 heavy (non-hydrogen) atoms. The Hall–Kier alpha value is -1.67. The Morgan fingerprint density at radius 1 is 1.06 bits per heavy atom. The van der Waals surface area contributed by atoms with Crippen molar-refractivity contribution in [1.82, 2.24) is 0 Å². The molecule has 0 aromatic heterocycles. The van der Waals surface area contributed by atoms with E-state index in [9.17, 15) is 9.18 Å². The minimum absolute atomic E-state index is 0.0104. The zero-order valence-corrected chi connectivity index (χ0v) is 10.9. The van der Waals surface area contributed by atoms with Crippen LogP contribution in [0.5, 0.6) is 0 Å². The molecule has 0 aliphatic heterocycles. The number of carbonyl (C=O) groups is 1. The second kappa shape index (κ2) is 4.91. The van der Waals surface area contributed by atoms with Crippen LogP contribution < -0.4 is 0 Å². The second-order valence-electron chi connectivity index (χ2n) is 4.18. The second-order valence-corrected chi connectivity index (χ2v) is 4.59. The number of rotatable bonds is 2. The van der Waals surface area contributed by atoms with Crippen LogP contribution in [0.4, 0.5) is 4.39 Å². The molecule has 3 heteroatoms. The summed E-state index contributed by atoms with van der Waals surface area (Å²) in [6.07, 6.45) is 0. The van der Waals surface area contributed by atoms with Crippen molar-refractivity contribution in [3.05, 3.63) is 69.5 Å². The summed E-state index contributed by atoms with van der Waals surface area (Å²) in [5.74, 6) is -0.999. The molecular weight excluding hydrogens is 251 g/mol. The average Bonchev–Trinajstić information content (AvgIpc) is 2.35. The molecule has 0 unspecified atom stereocenters. The maximum Gasteiger partial charge on any atom is 0.196 e. The Balaban J connectivity index is 2.55. The van der Waals surface area contributed by atoms with Crippen molar-refractivity contribution in [3.8, 4) is 0 Å². The van der Waals surface area contributed by atoms with Crippen molar-refractivity contribution in [2.24, 2.45) is 0 Å². The summed E-state index contributed by atoms with van der Waals surface area (Å²) < 4.78 is 13.8. The van der Waals surface area contributed by atoms with Gasteiger partial charge in [0.1, 0.15) is 0 Å². The Kier molecular flexibility index (Phi) is 3.48. The largest absolute Gasteiger partial charge is 0.288 e. The fourth-order valence-electron chi connectivity index (χ4n) is 1.82. The lowest BCUT2D eigenvalue weighted by atomic mass is 9.96. The smallest absolute Gasteiger partial charge is 0.196 e. The molecule has 2 rings (SSSR count). The third kappa shape index (κ3) is 2.16. The molecular formula is C15H12ClFO. The molecule has 0 saturated carbocycles. The first kappa shape index (κ1) is 12.8. The summed E-state index contributed by atoms with van der Waals surface area (Å²) in [5, 5.41) is -0.0360. The molecule has 0 spiro atoms. The van der Waals surface area contributed by atoms with Crippen LogP contribution in [-0.4, -0.2) is 5.78 Å². The van der Waals surface area contributed by atoms with E-state index < -0.39 is 5.82 Å². The topological polar surface area (TPSA) is 17.1 Å². The van der Waals surface area contributed by atoms with E-state index in [1.54, 1.807) is 18.2 Å². The molecule has 0 radical (unpaired) electrons. The van der Waals surface area contributed by atoms with Crippen LogP contribution in [0, 0.1) is 19.7 Å². The predicted molar refractivity (Wildman–Crippen MR) is 70.8 cm³/mol. The number of ketones is 1. The highest BCUT2D eigenvalue weighted by Crippen LogP contribution is 2.22. The minimum atomic E-state index is -0.662. The SMILES string of the molecule is Cc1cccc(C(=O)c2cccc(Cl)c2F)c1C. The fraction of sp³-hybridized carbons (Fsp3) is 0.133. The van der Waals surface area contributed by atoms with Crippen molar-refractivity contribution in [1.29, 1.82) is 0 Å². The lowest BCUT2D eigenvalue weighted by Gasteiger charge is -2.08. The van der Waals surface area contributed by atoms with Crippen LogP contribution in [0.25, 0.3) is 0 Å². The number of aryl methyl sites for hydroxylation is 1. The van der Waals surface area contributed by atoms with E-state index in [-0.39, 0.29) is 16.4 Å². The van der Waals surface area contributed by atoms with Crippen LogP contribution in [0.1, 0.15) is 27.0 Å². The molecule has 0 heterocycles. The lowest BCUT2D eigenvalue weighted by molar-refractivity contribution is 0.103. The first-order valence-electron chi connectivity index (χ1n) is 5.57. The molecule has 0 aliphatic rings. The van der Waals surface area contributed by atoms with E-state index in [1.165, 1.54) is 12.1 Å². The van der Waals surface area contributed by atoms with Gasteiger partial charge >= 0.3 is 0 Å². The highest BCUT2D eigenvalue weighted by Gasteiger charge is 2.17. The molecule has 0 atom stereocenters. The fourth-order valence-corrected chi connectivity index (χ4v) is 2.00. The number of hydrogen-bond acceptors (Lipinski definition) is 1. The van der Waals surface area contributed by atoms with E-state index in [0.29, 0.717) is 5.56 Å². The zero-order chi connectivity index (χ0) is 13.3. The summed E-state index contributed by atoms with van der Waals surface area (Å²) >= 11 is 5.69. The van der Waals surface area contributed by atoms with Crippen molar-refractivity contribution >= 4 is 17.4 Å². The van der Waals surface area contributed by atoms with E-state index in [0.717, 1.165) is 11.1 Å². The number of carbonyl (C=O) groups excluding carboxylic acids is 1. The van der Waals surface area contributed by atoms with Gasteiger partial charge in [-0.1, -0.05) is 35.9 Å². The quantitative estimate of drug-likeness (QED) is 0.737. The van der Waals surface area contributed by atoms with Gasteiger partial charge in [0.25, 0.3) is 0 Å². The highest BCUT2D eigenvalue weighted by molar-refractivity contribution is 6.31. The molecule has 0 aliphatic carbocycles. The lowest BCUT2D eigenvalue weighted by Crippen LogP contribution is -2.07. The highest BCUT2D eigenvalue weighted by atomic mass is 35.5. The van der Waals surface area contributed by atoms with Gasteiger partial charge in [-0.25, -0.2) is 4.39 Å². The first-order chi connectivity index (χ1) is 8.52. The first-order valence-corrected chi connectivity index (χ1v) is 5.95. The zero-order valence-electron chi connectivity index (χ0n) is 10.1. The van der Waals surface area contributed by atoms with Gasteiger partial charge in [0.05, 0.1) is 10.6 Å². The van der Waals surface area contributed by atoms with Gasteiger partial charge in [-0.15, -0.1) is 0 Å². The van der Waals surface area contributed by atoms with Gasteiger partial charge in [-0.3, -0.25) is 4.79 Å². The van der Waals surface area contributed by atoms with Crippen molar-refractivity contribution in [2.45, 2.75) is 13.8 Å². The maximum atomic E-state index is 13.8. The maximum absolute atomic E-state index is 13.8. The van der Waals surface area contributed by atoms with E-state index in [2.05, 4.69) is 0 Å². The van der Waals surface area contributed by atoms with Crippen LogP contribution in [0.15, 0.2) is 36.4 Å². The van der Waals surface area contributed by atoms with Crippen molar-refractivity contribution in [3.63, 3.8) is 0 Å². The van der Waals surface area contributed by atoms with Crippen LogP contribution >= 0.6 is 11.6 Å². The monoisotopic (exact) mass is 262 g/mol. The predicted octanol–water partition coefficient (Wildman–Crippen LogP) is 4.33. The van der Waals surface area contributed by atoms with Crippen LogP contribution in [0.3, 0.4) is 0 Å². The number of benzene rings is 2. The van der Waals surface area contributed by atoms with Crippen LogP contribution in [0.2, 0.25) is 5.02 Å². The van der Waals surface area contributed by atoms with Gasteiger partial charge in [0.15, 0.2) is 11.6 Å². The average molecular weight is 263 g/mol. The normalized spacial score (nSPS) is 10.4. The summed E-state index contributed by atoms with van der Waals surface area (Å²) in [4.78, 5) is 12.3. The Morgan fingerprint density at radius 2 is 1.67 bits per heavy atom. The molecule has 2 aromatic rings. The van der Waals surface area contributed by atoms with Gasteiger partial charge in [0.2, 0.25) is 0 Å².